The summed E-state index contributed by atoms with van der Waals surface area (Å²) in [6.45, 7) is 6.56. The Bertz CT molecular complexity index is 1070. The Labute approximate surface area is 178 Å². The van der Waals surface area contributed by atoms with Gasteiger partial charge in [0.05, 0.1) is 5.02 Å². The molecule has 0 bridgehead atoms. The summed E-state index contributed by atoms with van der Waals surface area (Å²) in [6, 6.07) is 20.3. The molecule has 0 saturated carbocycles. The van der Waals surface area contributed by atoms with Gasteiger partial charge in [-0.2, -0.15) is 0 Å². The van der Waals surface area contributed by atoms with Crippen LogP contribution in [0.3, 0.4) is 0 Å². The molecule has 3 aromatic carbocycles. The van der Waals surface area contributed by atoms with Crippen molar-refractivity contribution in [3.63, 3.8) is 0 Å². The van der Waals surface area contributed by atoms with Gasteiger partial charge in [-0.1, -0.05) is 79.5 Å². The Morgan fingerprint density at radius 1 is 0.862 bits per heavy atom. The summed E-state index contributed by atoms with van der Waals surface area (Å²) in [5, 5.41) is 0.479. The Morgan fingerprint density at radius 2 is 1.59 bits per heavy atom. The van der Waals surface area contributed by atoms with Crippen LogP contribution in [0.4, 0.5) is 4.39 Å². The lowest BCUT2D eigenvalue weighted by molar-refractivity contribution is 0.627. The quantitative estimate of drug-likeness (QED) is 0.412. The molecule has 0 nitrogen and oxygen atoms in total. The normalized spacial score (nSPS) is 14.1. The molecule has 2 heteroatoms. The van der Waals surface area contributed by atoms with Gasteiger partial charge in [0.15, 0.2) is 0 Å². The summed E-state index contributed by atoms with van der Waals surface area (Å²) in [5.41, 5.74) is 9.80. The van der Waals surface area contributed by atoms with Crippen LogP contribution in [0.15, 0.2) is 60.7 Å². The van der Waals surface area contributed by atoms with Gasteiger partial charge in [-0.3, -0.25) is 0 Å². The van der Waals surface area contributed by atoms with Gasteiger partial charge in [0.2, 0.25) is 0 Å². The maximum atomic E-state index is 13.7. The molecule has 0 unspecified atom stereocenters. The molecule has 0 fully saturated rings. The number of halogens is 2. The fourth-order valence-electron chi connectivity index (χ4n) is 4.28. The zero-order chi connectivity index (χ0) is 20.5. The molecule has 0 aliphatic heterocycles. The van der Waals surface area contributed by atoms with Crippen LogP contribution in [-0.2, 0) is 6.42 Å². The molecule has 0 radical (unpaired) electrons. The van der Waals surface area contributed by atoms with E-state index in [2.05, 4.69) is 63.2 Å². The Morgan fingerprint density at radius 3 is 2.28 bits per heavy atom. The van der Waals surface area contributed by atoms with Gasteiger partial charge < -0.3 is 0 Å². The summed E-state index contributed by atoms with van der Waals surface area (Å²) in [5.74, 6) is 0.194. The topological polar surface area (TPSA) is 0 Å². The number of hydrogen-bond donors (Lipinski definition) is 0. The third kappa shape index (κ3) is 4.02. The van der Waals surface area contributed by atoms with Gasteiger partial charge in [0, 0.05) is 0 Å². The van der Waals surface area contributed by atoms with Crippen LogP contribution in [0.1, 0.15) is 66.0 Å². The minimum absolute atomic E-state index is 0.299. The molecule has 0 amide bonds. The SMILES string of the molecule is Cc1ccc2c(c1)CCCC(c1ccc(F)cc1Cl)=C2c1ccc(C(C)C)cc1. The lowest BCUT2D eigenvalue weighted by atomic mass is 9.86. The molecule has 4 rings (SSSR count). The van der Waals surface area contributed by atoms with E-state index in [1.165, 1.54) is 51.1 Å². The third-order valence-corrected chi connectivity index (χ3v) is 6.14. The molecule has 0 atom stereocenters. The number of allylic oxidation sites excluding steroid dienone is 1. The number of aryl methyl sites for hydroxylation is 2. The van der Waals surface area contributed by atoms with E-state index in [1.807, 2.05) is 6.07 Å². The minimum atomic E-state index is -0.299. The Kier molecular flexibility index (Phi) is 5.61. The molecule has 0 spiro atoms. The summed E-state index contributed by atoms with van der Waals surface area (Å²) < 4.78 is 13.7. The van der Waals surface area contributed by atoms with E-state index in [0.29, 0.717) is 10.9 Å². The maximum Gasteiger partial charge on any atom is 0.124 e. The van der Waals surface area contributed by atoms with E-state index in [0.717, 1.165) is 24.8 Å². The fourth-order valence-corrected chi connectivity index (χ4v) is 4.57. The molecule has 148 valence electrons. The van der Waals surface area contributed by atoms with Crippen LogP contribution >= 0.6 is 11.6 Å². The standard InChI is InChI=1S/C27H26ClF/c1-17(2)19-8-10-20(11-9-19)27-23-13-7-18(3)15-21(23)5-4-6-25(27)24-14-12-22(29)16-26(24)28/h7-17H,4-6H2,1-3H3. The van der Waals surface area contributed by atoms with Crippen molar-refractivity contribution in [1.29, 1.82) is 0 Å². The monoisotopic (exact) mass is 404 g/mol. The number of fused-ring (bicyclic) bond motifs is 1. The van der Waals surface area contributed by atoms with E-state index in [1.54, 1.807) is 0 Å². The zero-order valence-electron chi connectivity index (χ0n) is 17.2. The smallest absolute Gasteiger partial charge is 0.124 e. The molecule has 1 aliphatic carbocycles. The number of rotatable bonds is 3. The molecule has 0 saturated heterocycles. The van der Waals surface area contributed by atoms with Crippen LogP contribution in [-0.4, -0.2) is 0 Å². The predicted molar refractivity (Wildman–Crippen MR) is 122 cm³/mol. The lowest BCUT2D eigenvalue weighted by Gasteiger charge is -2.18. The second-order valence-corrected chi connectivity index (χ2v) is 8.68. The van der Waals surface area contributed by atoms with Crippen LogP contribution in [0, 0.1) is 12.7 Å². The maximum absolute atomic E-state index is 13.7. The van der Waals surface area contributed by atoms with Crippen molar-refractivity contribution in [2.45, 2.75) is 46.0 Å². The molecule has 1 aliphatic rings. The van der Waals surface area contributed by atoms with Crippen LogP contribution in [0.2, 0.25) is 5.02 Å². The second kappa shape index (κ2) is 8.16. The molecular weight excluding hydrogens is 379 g/mol. The first-order valence-electron chi connectivity index (χ1n) is 10.3. The first-order valence-corrected chi connectivity index (χ1v) is 10.7. The molecule has 0 N–H and O–H groups in total. The Balaban J connectivity index is 1.99. The van der Waals surface area contributed by atoms with E-state index in [9.17, 15) is 4.39 Å². The van der Waals surface area contributed by atoms with Gasteiger partial charge in [-0.25, -0.2) is 4.39 Å². The largest absolute Gasteiger partial charge is 0.207 e. The summed E-state index contributed by atoms with van der Waals surface area (Å²) >= 11 is 6.51. The highest BCUT2D eigenvalue weighted by Gasteiger charge is 2.21. The Hall–Kier alpha value is -2.38. The van der Waals surface area contributed by atoms with Gasteiger partial charge >= 0.3 is 0 Å². The highest BCUT2D eigenvalue weighted by Crippen LogP contribution is 2.42. The van der Waals surface area contributed by atoms with Crippen LogP contribution in [0.5, 0.6) is 0 Å². The average Bonchev–Trinajstić information content (AvgIpc) is 2.87. The van der Waals surface area contributed by atoms with Gasteiger partial charge in [0.25, 0.3) is 0 Å². The lowest BCUT2D eigenvalue weighted by Crippen LogP contribution is -1.98. The molecule has 3 aromatic rings. The summed E-state index contributed by atoms with van der Waals surface area (Å²) in [7, 11) is 0. The van der Waals surface area contributed by atoms with Gasteiger partial charge in [0.1, 0.15) is 5.82 Å². The van der Waals surface area contributed by atoms with Crippen molar-refractivity contribution < 1.29 is 4.39 Å². The molecule has 29 heavy (non-hydrogen) atoms. The van der Waals surface area contributed by atoms with E-state index in [4.69, 9.17) is 11.6 Å². The van der Waals surface area contributed by atoms with Gasteiger partial charge in [-0.15, -0.1) is 0 Å². The third-order valence-electron chi connectivity index (χ3n) is 5.83. The summed E-state index contributed by atoms with van der Waals surface area (Å²) in [6.07, 6.45) is 3.00. The molecular formula is C27H26ClF. The molecule has 0 aromatic heterocycles. The van der Waals surface area contributed by atoms with Crippen molar-refractivity contribution in [3.05, 3.63) is 105 Å². The minimum Gasteiger partial charge on any atom is -0.207 e. The first-order chi connectivity index (χ1) is 13.9. The zero-order valence-corrected chi connectivity index (χ0v) is 18.0. The van der Waals surface area contributed by atoms with Crippen molar-refractivity contribution in [2.24, 2.45) is 0 Å². The number of hydrogen-bond acceptors (Lipinski definition) is 0. The fraction of sp³-hybridized carbons (Fsp3) is 0.259. The van der Waals surface area contributed by atoms with Gasteiger partial charge in [-0.05, 0) is 83.2 Å². The predicted octanol–water partition coefficient (Wildman–Crippen LogP) is 8.21. The first kappa shape index (κ1) is 19.9. The average molecular weight is 405 g/mol. The van der Waals surface area contributed by atoms with Crippen LogP contribution in [0.25, 0.3) is 11.1 Å². The van der Waals surface area contributed by atoms with E-state index >= 15 is 0 Å². The van der Waals surface area contributed by atoms with Crippen molar-refractivity contribution in [2.75, 3.05) is 0 Å². The second-order valence-electron chi connectivity index (χ2n) is 8.27. The van der Waals surface area contributed by atoms with Crippen molar-refractivity contribution >= 4 is 22.7 Å². The van der Waals surface area contributed by atoms with E-state index < -0.39 is 0 Å². The molecule has 0 heterocycles. The number of benzene rings is 3. The van der Waals surface area contributed by atoms with Crippen LogP contribution < -0.4 is 0 Å². The van der Waals surface area contributed by atoms with Crippen molar-refractivity contribution in [3.8, 4) is 0 Å². The van der Waals surface area contributed by atoms with Crippen molar-refractivity contribution in [1.82, 2.24) is 0 Å². The highest BCUT2D eigenvalue weighted by molar-refractivity contribution is 6.32. The highest BCUT2D eigenvalue weighted by atomic mass is 35.5. The van der Waals surface area contributed by atoms with E-state index in [-0.39, 0.29) is 5.82 Å². The summed E-state index contributed by atoms with van der Waals surface area (Å²) in [4.78, 5) is 0.